The molecule has 4 rings (SSSR count). The molecule has 1 aliphatic carbocycles. The summed E-state index contributed by atoms with van der Waals surface area (Å²) in [7, 11) is -4.10. The number of carbonyl (C=O) groups is 2. The van der Waals surface area contributed by atoms with Crippen LogP contribution in [0.5, 0.6) is 0 Å². The molecular formula is C32H38ClN3O4S. The van der Waals surface area contributed by atoms with Gasteiger partial charge in [-0.15, -0.1) is 0 Å². The summed E-state index contributed by atoms with van der Waals surface area (Å²) in [6, 6.07) is 20.0. The van der Waals surface area contributed by atoms with Crippen molar-refractivity contribution in [2.24, 2.45) is 0 Å². The molecule has 1 aliphatic rings. The van der Waals surface area contributed by atoms with Crippen LogP contribution in [0.15, 0.2) is 77.7 Å². The molecule has 3 aromatic carbocycles. The number of carbonyl (C=O) groups excluding carboxylic acids is 2. The number of aryl methyl sites for hydroxylation is 2. The van der Waals surface area contributed by atoms with Gasteiger partial charge in [-0.05, 0) is 80.6 Å². The fourth-order valence-corrected chi connectivity index (χ4v) is 6.75. The van der Waals surface area contributed by atoms with Crippen LogP contribution in [-0.2, 0) is 26.2 Å². The van der Waals surface area contributed by atoms with E-state index in [1.54, 1.807) is 54.6 Å². The van der Waals surface area contributed by atoms with Crippen molar-refractivity contribution in [1.82, 2.24) is 10.2 Å². The molecular weight excluding hydrogens is 558 g/mol. The van der Waals surface area contributed by atoms with Crippen molar-refractivity contribution in [2.45, 2.75) is 76.4 Å². The summed E-state index contributed by atoms with van der Waals surface area (Å²) in [5.41, 5.74) is 2.96. The van der Waals surface area contributed by atoms with Gasteiger partial charge in [0.1, 0.15) is 12.6 Å². The second-order valence-electron chi connectivity index (χ2n) is 10.7. The van der Waals surface area contributed by atoms with Crippen LogP contribution in [0, 0.1) is 13.8 Å². The Morgan fingerprint density at radius 3 is 2.22 bits per heavy atom. The Bertz CT molecular complexity index is 1450. The van der Waals surface area contributed by atoms with Gasteiger partial charge in [-0.3, -0.25) is 13.9 Å². The van der Waals surface area contributed by atoms with E-state index in [1.807, 2.05) is 39.0 Å². The van der Waals surface area contributed by atoms with Gasteiger partial charge in [0.2, 0.25) is 11.8 Å². The minimum absolute atomic E-state index is 0.0904. The smallest absolute Gasteiger partial charge is 0.264 e. The van der Waals surface area contributed by atoms with Gasteiger partial charge in [0.05, 0.1) is 10.6 Å². The molecule has 1 atom stereocenters. The number of anilines is 1. The lowest BCUT2D eigenvalue weighted by molar-refractivity contribution is -0.140. The van der Waals surface area contributed by atoms with Gasteiger partial charge in [0.25, 0.3) is 10.0 Å². The predicted octanol–water partition coefficient (Wildman–Crippen LogP) is 6.02. The van der Waals surface area contributed by atoms with Gasteiger partial charge >= 0.3 is 0 Å². The summed E-state index contributed by atoms with van der Waals surface area (Å²) >= 11 is 6.10. The third-order valence-corrected chi connectivity index (χ3v) is 9.57. The Balaban J connectivity index is 1.71. The van der Waals surface area contributed by atoms with Crippen LogP contribution >= 0.6 is 11.6 Å². The summed E-state index contributed by atoms with van der Waals surface area (Å²) < 4.78 is 29.1. The third-order valence-electron chi connectivity index (χ3n) is 7.53. The van der Waals surface area contributed by atoms with E-state index < -0.39 is 28.5 Å². The van der Waals surface area contributed by atoms with E-state index in [0.29, 0.717) is 17.1 Å². The lowest BCUT2D eigenvalue weighted by Crippen LogP contribution is -2.53. The van der Waals surface area contributed by atoms with E-state index in [4.69, 9.17) is 11.6 Å². The van der Waals surface area contributed by atoms with Crippen molar-refractivity contribution in [3.05, 3.63) is 94.5 Å². The topological polar surface area (TPSA) is 86.8 Å². The number of benzene rings is 3. The SMILES string of the molecule is CCC(C(=O)NC1CCCC1)N(Cc1ccc(Cl)cc1)C(=O)CN(c1cccc(C)c1)S(=O)(=O)c1ccc(C)cc1. The van der Waals surface area contributed by atoms with Crippen LogP contribution in [0.4, 0.5) is 5.69 Å². The van der Waals surface area contributed by atoms with Crippen molar-refractivity contribution in [2.75, 3.05) is 10.8 Å². The van der Waals surface area contributed by atoms with E-state index >= 15 is 0 Å². The maximum absolute atomic E-state index is 14.2. The summed E-state index contributed by atoms with van der Waals surface area (Å²) in [5.74, 6) is -0.684. The van der Waals surface area contributed by atoms with E-state index in [2.05, 4.69) is 5.32 Å². The Morgan fingerprint density at radius 1 is 0.951 bits per heavy atom. The molecule has 1 N–H and O–H groups in total. The maximum atomic E-state index is 14.2. The molecule has 1 saturated carbocycles. The van der Waals surface area contributed by atoms with Gasteiger partial charge in [-0.25, -0.2) is 8.42 Å². The molecule has 0 bridgehead atoms. The normalized spacial score (nSPS) is 14.4. The summed E-state index contributed by atoms with van der Waals surface area (Å²) in [6.45, 7) is 5.30. The average Bonchev–Trinajstić information content (AvgIpc) is 3.45. The molecule has 0 saturated heterocycles. The third kappa shape index (κ3) is 7.68. The van der Waals surface area contributed by atoms with Crippen molar-refractivity contribution in [3.8, 4) is 0 Å². The van der Waals surface area contributed by atoms with Crippen molar-refractivity contribution in [3.63, 3.8) is 0 Å². The highest BCUT2D eigenvalue weighted by Gasteiger charge is 2.34. The summed E-state index contributed by atoms with van der Waals surface area (Å²) in [6.07, 6.45) is 4.36. The highest BCUT2D eigenvalue weighted by molar-refractivity contribution is 7.92. The zero-order chi connectivity index (χ0) is 29.6. The summed E-state index contributed by atoms with van der Waals surface area (Å²) in [4.78, 5) is 29.3. The molecule has 0 heterocycles. The van der Waals surface area contributed by atoms with E-state index in [0.717, 1.165) is 46.7 Å². The minimum Gasteiger partial charge on any atom is -0.352 e. The van der Waals surface area contributed by atoms with E-state index in [1.165, 1.54) is 4.90 Å². The molecule has 9 heteroatoms. The molecule has 41 heavy (non-hydrogen) atoms. The monoisotopic (exact) mass is 595 g/mol. The Hall–Kier alpha value is -3.36. The number of nitrogens with zero attached hydrogens (tertiary/aromatic N) is 2. The number of sulfonamides is 1. The molecule has 2 amide bonds. The average molecular weight is 596 g/mol. The first-order valence-electron chi connectivity index (χ1n) is 14.1. The number of amides is 2. The van der Waals surface area contributed by atoms with Gasteiger partial charge < -0.3 is 10.2 Å². The van der Waals surface area contributed by atoms with Crippen molar-refractivity contribution in [1.29, 1.82) is 0 Å². The van der Waals surface area contributed by atoms with Gasteiger partial charge in [0.15, 0.2) is 0 Å². The molecule has 0 spiro atoms. The number of rotatable bonds is 11. The van der Waals surface area contributed by atoms with Gasteiger partial charge in [-0.1, -0.05) is 73.3 Å². The molecule has 0 aliphatic heterocycles. The Labute approximate surface area is 248 Å². The van der Waals surface area contributed by atoms with Crippen LogP contribution in [0.1, 0.15) is 55.7 Å². The first-order valence-corrected chi connectivity index (χ1v) is 15.9. The molecule has 0 aromatic heterocycles. The first-order chi connectivity index (χ1) is 19.6. The van der Waals surface area contributed by atoms with Gasteiger partial charge in [-0.2, -0.15) is 0 Å². The fourth-order valence-electron chi connectivity index (χ4n) is 5.22. The maximum Gasteiger partial charge on any atom is 0.264 e. The van der Waals surface area contributed by atoms with Crippen LogP contribution in [0.3, 0.4) is 0 Å². The highest BCUT2D eigenvalue weighted by Crippen LogP contribution is 2.26. The number of hydrogen-bond acceptors (Lipinski definition) is 4. The zero-order valence-corrected chi connectivity index (χ0v) is 25.4. The van der Waals surface area contributed by atoms with Crippen LogP contribution in [-0.4, -0.2) is 43.8 Å². The van der Waals surface area contributed by atoms with Gasteiger partial charge in [0, 0.05) is 17.6 Å². The van der Waals surface area contributed by atoms with E-state index in [-0.39, 0.29) is 23.4 Å². The van der Waals surface area contributed by atoms with Crippen LogP contribution in [0.25, 0.3) is 0 Å². The lowest BCUT2D eigenvalue weighted by Gasteiger charge is -2.34. The number of nitrogens with one attached hydrogen (secondary N) is 1. The summed E-state index contributed by atoms with van der Waals surface area (Å²) in [5, 5.41) is 3.69. The Morgan fingerprint density at radius 2 is 1.61 bits per heavy atom. The number of halogens is 1. The van der Waals surface area contributed by atoms with Crippen molar-refractivity contribution >= 4 is 39.1 Å². The molecule has 1 fully saturated rings. The minimum atomic E-state index is -4.10. The fraction of sp³-hybridized carbons (Fsp3) is 0.375. The first kappa shape index (κ1) is 30.6. The highest BCUT2D eigenvalue weighted by atomic mass is 35.5. The molecule has 218 valence electrons. The molecule has 3 aromatic rings. The molecule has 1 unspecified atom stereocenters. The number of hydrogen-bond donors (Lipinski definition) is 1. The largest absolute Gasteiger partial charge is 0.352 e. The Kier molecular flexibility index (Phi) is 10.1. The lowest BCUT2D eigenvalue weighted by atomic mass is 10.1. The van der Waals surface area contributed by atoms with Crippen molar-refractivity contribution < 1.29 is 18.0 Å². The second-order valence-corrected chi connectivity index (χ2v) is 13.0. The standard InChI is InChI=1S/C32H38ClN3O4S/c1-4-30(32(38)34-27-9-5-6-10-27)35(21-25-14-16-26(33)17-15-25)31(37)22-36(28-11-7-8-24(3)20-28)41(39,40)29-18-12-23(2)13-19-29/h7-8,11-20,27,30H,4-6,9-10,21-22H2,1-3H3,(H,34,38). The van der Waals surface area contributed by atoms with E-state index in [9.17, 15) is 18.0 Å². The second kappa shape index (κ2) is 13.5. The van der Waals surface area contributed by atoms with Crippen LogP contribution < -0.4 is 9.62 Å². The predicted molar refractivity (Wildman–Crippen MR) is 163 cm³/mol. The van der Waals surface area contributed by atoms with Crippen LogP contribution in [0.2, 0.25) is 5.02 Å². The zero-order valence-electron chi connectivity index (χ0n) is 23.8. The quantitative estimate of drug-likeness (QED) is 0.294. The molecule has 0 radical (unpaired) electrons. The molecule has 7 nitrogen and oxygen atoms in total.